The van der Waals surface area contributed by atoms with Gasteiger partial charge in [-0.25, -0.2) is 0 Å². The van der Waals surface area contributed by atoms with Crippen molar-refractivity contribution < 1.29 is 0 Å². The molecule has 0 fully saturated rings. The number of hydrogen-bond donors (Lipinski definition) is 0. The first kappa shape index (κ1) is 13.4. The minimum atomic E-state index is -2.09. The van der Waals surface area contributed by atoms with Crippen LogP contribution in [0.25, 0.3) is 0 Å². The summed E-state index contributed by atoms with van der Waals surface area (Å²) in [5.41, 5.74) is 0. The molecule has 0 radical (unpaired) electrons. The van der Waals surface area contributed by atoms with Gasteiger partial charge in [-0.2, -0.15) is 11.1 Å². The Morgan fingerprint density at radius 2 is 1.22 bits per heavy atom. The summed E-state index contributed by atoms with van der Waals surface area (Å²) in [6, 6.07) is 22.2. The molecule has 94 valence electrons. The molecule has 0 amide bonds. The molecule has 2 aromatic rings. The fraction of sp³-hybridized carbons (Fsp3) is 0.250. The Labute approximate surface area is 115 Å². The van der Waals surface area contributed by atoms with Crippen molar-refractivity contribution in [2.24, 2.45) is 5.92 Å². The predicted molar refractivity (Wildman–Crippen MR) is 83.4 cm³/mol. The molecule has 0 aromatic heterocycles. The van der Waals surface area contributed by atoms with Crippen LogP contribution in [0.4, 0.5) is 0 Å². The summed E-state index contributed by atoms with van der Waals surface area (Å²) >= 11 is 7.12. The van der Waals surface area contributed by atoms with Crippen LogP contribution in [0, 0.1) is 5.92 Å². The molecule has 0 atom stereocenters. The third-order valence-corrected chi connectivity index (χ3v) is 8.80. The fourth-order valence-electron chi connectivity index (χ4n) is 2.37. The van der Waals surface area contributed by atoms with Gasteiger partial charge in [0.15, 0.2) is 0 Å². The van der Waals surface area contributed by atoms with Gasteiger partial charge in [0.2, 0.25) is 7.38 Å². The maximum atomic E-state index is 7.12. The molecule has 0 spiro atoms. The second-order valence-corrected chi connectivity index (χ2v) is 10.2. The molecule has 18 heavy (non-hydrogen) atoms. The third-order valence-electron chi connectivity index (χ3n) is 3.15. The maximum absolute atomic E-state index is 7.12. The Kier molecular flexibility index (Phi) is 4.26. The number of rotatable bonds is 4. The van der Waals surface area contributed by atoms with Crippen LogP contribution in [0.5, 0.6) is 0 Å². The molecular formula is C16H19ClSi. The summed E-state index contributed by atoms with van der Waals surface area (Å²) < 4.78 is 0. The van der Waals surface area contributed by atoms with Crippen LogP contribution in [0.2, 0.25) is 6.04 Å². The van der Waals surface area contributed by atoms with E-state index >= 15 is 0 Å². The van der Waals surface area contributed by atoms with Gasteiger partial charge in [0.1, 0.15) is 0 Å². The first-order valence-corrected chi connectivity index (χ1v) is 9.65. The van der Waals surface area contributed by atoms with E-state index in [0.717, 1.165) is 6.04 Å². The van der Waals surface area contributed by atoms with Crippen molar-refractivity contribution in [3.8, 4) is 0 Å². The average Bonchev–Trinajstić information content (AvgIpc) is 2.40. The van der Waals surface area contributed by atoms with Crippen molar-refractivity contribution in [3.05, 3.63) is 60.7 Å². The number of benzene rings is 2. The van der Waals surface area contributed by atoms with Crippen LogP contribution in [-0.4, -0.2) is 7.38 Å². The molecule has 2 rings (SSSR count). The smallest absolute Gasteiger partial charge is 0.155 e. The van der Waals surface area contributed by atoms with Crippen LogP contribution < -0.4 is 10.4 Å². The molecule has 0 N–H and O–H groups in total. The van der Waals surface area contributed by atoms with Crippen LogP contribution in [-0.2, 0) is 0 Å². The van der Waals surface area contributed by atoms with E-state index in [2.05, 4.69) is 74.5 Å². The highest BCUT2D eigenvalue weighted by molar-refractivity contribution is 7.34. The lowest BCUT2D eigenvalue weighted by molar-refractivity contribution is 0.728. The molecule has 0 saturated carbocycles. The van der Waals surface area contributed by atoms with Crippen molar-refractivity contribution in [2.75, 3.05) is 0 Å². The van der Waals surface area contributed by atoms with Crippen molar-refractivity contribution in [2.45, 2.75) is 19.9 Å². The molecule has 0 bridgehead atoms. The summed E-state index contributed by atoms with van der Waals surface area (Å²) in [5, 5.41) is 2.62. The standard InChI is InChI=1S/C16H19ClSi/c1-14(2)13-18(17,15-9-5-3-6-10-15)16-11-7-4-8-12-16/h3-12,14H,13H2,1-2H3. The van der Waals surface area contributed by atoms with Crippen molar-refractivity contribution in [3.63, 3.8) is 0 Å². The lowest BCUT2D eigenvalue weighted by Crippen LogP contribution is -2.54. The molecule has 0 nitrogen and oxygen atoms in total. The predicted octanol–water partition coefficient (Wildman–Crippen LogP) is 3.64. The van der Waals surface area contributed by atoms with Gasteiger partial charge in [0.05, 0.1) is 0 Å². The van der Waals surface area contributed by atoms with Gasteiger partial charge in [0.25, 0.3) is 0 Å². The monoisotopic (exact) mass is 274 g/mol. The fourth-order valence-corrected chi connectivity index (χ4v) is 7.42. The molecule has 0 heterocycles. The van der Waals surface area contributed by atoms with Gasteiger partial charge in [0, 0.05) is 0 Å². The Bertz CT molecular complexity index is 439. The highest BCUT2D eigenvalue weighted by Crippen LogP contribution is 2.21. The largest absolute Gasteiger partial charge is 0.217 e. The van der Waals surface area contributed by atoms with Gasteiger partial charge in [-0.1, -0.05) is 74.5 Å². The highest BCUT2D eigenvalue weighted by atomic mass is 35.6. The van der Waals surface area contributed by atoms with Gasteiger partial charge >= 0.3 is 0 Å². The zero-order valence-corrected chi connectivity index (χ0v) is 12.7. The van der Waals surface area contributed by atoms with E-state index in [1.54, 1.807) is 0 Å². The maximum Gasteiger partial charge on any atom is 0.217 e. The van der Waals surface area contributed by atoms with Crippen LogP contribution in [0.3, 0.4) is 0 Å². The van der Waals surface area contributed by atoms with E-state index < -0.39 is 7.38 Å². The van der Waals surface area contributed by atoms with E-state index in [1.807, 2.05) is 0 Å². The first-order chi connectivity index (χ1) is 8.63. The van der Waals surface area contributed by atoms with Crippen LogP contribution in [0.1, 0.15) is 13.8 Å². The topological polar surface area (TPSA) is 0 Å². The Morgan fingerprint density at radius 3 is 1.56 bits per heavy atom. The molecule has 0 aliphatic heterocycles. The SMILES string of the molecule is CC(C)C[Si](Cl)(c1ccccc1)c1ccccc1. The quantitative estimate of drug-likeness (QED) is 0.590. The van der Waals surface area contributed by atoms with E-state index in [0.29, 0.717) is 5.92 Å². The average molecular weight is 275 g/mol. The molecule has 0 aliphatic carbocycles. The van der Waals surface area contributed by atoms with Gasteiger partial charge in [-0.3, -0.25) is 0 Å². The van der Waals surface area contributed by atoms with Crippen molar-refractivity contribution in [1.82, 2.24) is 0 Å². The van der Waals surface area contributed by atoms with Crippen molar-refractivity contribution in [1.29, 1.82) is 0 Å². The van der Waals surface area contributed by atoms with Gasteiger partial charge < -0.3 is 0 Å². The zero-order chi connectivity index (χ0) is 13.0. The lowest BCUT2D eigenvalue weighted by atomic mass is 10.3. The highest BCUT2D eigenvalue weighted by Gasteiger charge is 2.35. The van der Waals surface area contributed by atoms with Crippen molar-refractivity contribution >= 4 is 28.8 Å². The Morgan fingerprint density at radius 1 is 0.833 bits per heavy atom. The molecule has 0 unspecified atom stereocenters. The van der Waals surface area contributed by atoms with E-state index in [4.69, 9.17) is 11.1 Å². The van der Waals surface area contributed by atoms with E-state index in [-0.39, 0.29) is 0 Å². The lowest BCUT2D eigenvalue weighted by Gasteiger charge is -2.27. The van der Waals surface area contributed by atoms with Crippen LogP contribution in [0.15, 0.2) is 60.7 Å². The molecule has 2 heteroatoms. The third kappa shape index (κ3) is 2.85. The minimum absolute atomic E-state index is 0.606. The van der Waals surface area contributed by atoms with Crippen LogP contribution >= 0.6 is 11.1 Å². The van der Waals surface area contributed by atoms with E-state index in [9.17, 15) is 0 Å². The van der Waals surface area contributed by atoms with Gasteiger partial charge in [-0.05, 0) is 22.3 Å². The van der Waals surface area contributed by atoms with E-state index in [1.165, 1.54) is 10.4 Å². The summed E-state index contributed by atoms with van der Waals surface area (Å²) in [6.45, 7) is 4.49. The summed E-state index contributed by atoms with van der Waals surface area (Å²) in [5.74, 6) is 0.606. The molecular weight excluding hydrogens is 256 g/mol. The number of hydrogen-bond acceptors (Lipinski definition) is 0. The number of halogens is 1. The molecule has 2 aromatic carbocycles. The molecule has 0 aliphatic rings. The Balaban J connectivity index is 2.48. The normalized spacial score (nSPS) is 11.8. The summed E-state index contributed by atoms with van der Waals surface area (Å²) in [7, 11) is -2.09. The first-order valence-electron chi connectivity index (χ1n) is 6.43. The molecule has 0 saturated heterocycles. The summed E-state index contributed by atoms with van der Waals surface area (Å²) in [6.07, 6.45) is 0. The second-order valence-electron chi connectivity index (χ2n) is 5.13. The zero-order valence-electron chi connectivity index (χ0n) is 10.9. The Hall–Kier alpha value is -1.05. The second kappa shape index (κ2) is 5.72. The summed E-state index contributed by atoms with van der Waals surface area (Å²) in [4.78, 5) is 0. The van der Waals surface area contributed by atoms with Gasteiger partial charge in [-0.15, -0.1) is 0 Å². The minimum Gasteiger partial charge on any atom is -0.155 e.